The number of amides is 3. The lowest BCUT2D eigenvalue weighted by Crippen LogP contribution is -2.37. The molecule has 4 heterocycles. The molecule has 8 rings (SSSR count). The van der Waals surface area contributed by atoms with E-state index in [0.717, 1.165) is 0 Å². The summed E-state index contributed by atoms with van der Waals surface area (Å²) >= 11 is 0. The normalized spacial score (nSPS) is 17.9. The van der Waals surface area contributed by atoms with Gasteiger partial charge in [0.15, 0.2) is 11.4 Å². The molecule has 17 heteroatoms. The Kier molecular flexibility index (Phi) is 12.4. The predicted octanol–water partition coefficient (Wildman–Crippen LogP) is 3.01. The summed E-state index contributed by atoms with van der Waals surface area (Å²) in [6.45, 7) is 0.919. The number of carbonyl (C=O) groups excluding carboxylic acids is 4. The topological polar surface area (TPSA) is 240 Å². The molecule has 2 aliphatic rings. The van der Waals surface area contributed by atoms with Crippen LogP contribution in [-0.2, 0) is 14.3 Å². The molecule has 2 atom stereocenters. The number of hydrogen-bond acceptors (Lipinski definition) is 12. The highest BCUT2D eigenvalue weighted by Gasteiger charge is 2.43. The number of likely N-dealkylation sites (N-methyl/N-ethyl adjacent to an activating group) is 2. The fraction of sp³-hybridized carbons (Fsp3) is 0.244. The monoisotopic (exact) mass is 840 g/mol. The smallest absolute Gasteiger partial charge is 0.359 e. The van der Waals surface area contributed by atoms with Crippen molar-refractivity contribution in [2.75, 3.05) is 48.5 Å². The highest BCUT2D eigenvalue weighted by molar-refractivity contribution is 6.05. The molecule has 17 nitrogen and oxygen atoms in total. The van der Waals surface area contributed by atoms with E-state index in [1.165, 1.54) is 16.9 Å². The Bertz CT molecular complexity index is 2880. The van der Waals surface area contributed by atoms with E-state index in [-0.39, 0.29) is 30.4 Å². The Balaban J connectivity index is 0.000000204. The third-order valence-corrected chi connectivity index (χ3v) is 10.4. The Morgan fingerprint density at radius 1 is 0.677 bits per heavy atom. The largest absolute Gasteiger partial charge is 0.497 e. The molecule has 6 aromatic rings. The van der Waals surface area contributed by atoms with E-state index in [9.17, 15) is 29.4 Å². The molecule has 4 aromatic carbocycles. The van der Waals surface area contributed by atoms with E-state index in [4.69, 9.17) is 19.9 Å². The summed E-state index contributed by atoms with van der Waals surface area (Å²) in [5, 5.41) is 31.1. The van der Waals surface area contributed by atoms with Gasteiger partial charge in [-0.05, 0) is 60.7 Å². The number of carbonyl (C=O) groups is 4. The minimum atomic E-state index is -1.67. The summed E-state index contributed by atoms with van der Waals surface area (Å²) in [7, 11) is 7.69. The average molecular weight is 841 g/mol. The van der Waals surface area contributed by atoms with E-state index in [0.29, 0.717) is 68.9 Å². The number of nitrogens with zero attached hydrogens (tertiary/aromatic N) is 6. The molecule has 2 fully saturated rings. The van der Waals surface area contributed by atoms with Crippen molar-refractivity contribution in [3.8, 4) is 46.6 Å². The quantitative estimate of drug-likeness (QED) is 0.140. The van der Waals surface area contributed by atoms with Crippen molar-refractivity contribution < 1.29 is 43.6 Å². The van der Waals surface area contributed by atoms with Gasteiger partial charge in [0.05, 0.1) is 43.7 Å². The number of fused-ring (bicyclic) bond motifs is 2. The van der Waals surface area contributed by atoms with Crippen molar-refractivity contribution in [1.82, 2.24) is 35.5 Å². The number of aromatic nitrogens is 4. The molecule has 7 N–H and O–H groups in total. The molecule has 2 saturated heterocycles. The SMILES string of the molecule is COC(=O)c1nn(-c2cccc(C#C[C@]3(O)CCN(C)C3=O)c2)c2cc(OC)ccc12.COc1ccc2c(C(N)=O)nn(-c3cccc(C#C[C@]4(O)CCN(C)C4=O)c3)c2c1.N. The van der Waals surface area contributed by atoms with Crippen molar-refractivity contribution in [3.05, 3.63) is 107 Å². The molecule has 318 valence electrons. The van der Waals surface area contributed by atoms with E-state index < -0.39 is 34.9 Å². The predicted molar refractivity (Wildman–Crippen MR) is 228 cm³/mol. The summed E-state index contributed by atoms with van der Waals surface area (Å²) in [5.74, 6) is 10.4. The molecule has 0 radical (unpaired) electrons. The van der Waals surface area contributed by atoms with Crippen molar-refractivity contribution in [3.63, 3.8) is 0 Å². The lowest BCUT2D eigenvalue weighted by atomic mass is 10.0. The van der Waals surface area contributed by atoms with Crippen LogP contribution in [0.25, 0.3) is 33.2 Å². The van der Waals surface area contributed by atoms with Gasteiger partial charge >= 0.3 is 5.97 Å². The molecular formula is C45H44N8O9. The maximum atomic E-state index is 12.2. The van der Waals surface area contributed by atoms with Gasteiger partial charge in [0.1, 0.15) is 11.5 Å². The van der Waals surface area contributed by atoms with Gasteiger partial charge in [0.25, 0.3) is 17.7 Å². The lowest BCUT2D eigenvalue weighted by Gasteiger charge is -2.13. The Hall–Kier alpha value is -7.70. The van der Waals surface area contributed by atoms with Crippen LogP contribution in [0, 0.1) is 23.7 Å². The zero-order valence-electron chi connectivity index (χ0n) is 34.6. The van der Waals surface area contributed by atoms with E-state index in [2.05, 4.69) is 33.9 Å². The Labute approximate surface area is 356 Å². The number of hydrogen-bond donors (Lipinski definition) is 4. The standard InChI is InChI=1S/C23H21N3O5.C22H20N4O4.H3N/c1-25-12-11-23(29,22(25)28)10-9-15-5-4-6-16(13-15)26-19-14-17(30-2)7-8-18(19)20(24-26)21(27)31-3;1-25-11-10-22(29,21(25)28)9-8-14-4-3-5-15(12-14)26-18-13-16(30-2)6-7-17(18)19(24-26)20(23)27;/h4-8,13-14,29H,11-12H2,1-3H3;3-7,12-13,29H,10-11H2,1-2H3,(H2,23,27);1H3/t23-;22-;/m00./s1. The summed E-state index contributed by atoms with van der Waals surface area (Å²) in [6.07, 6.45) is 0.529. The van der Waals surface area contributed by atoms with E-state index in [1.807, 2.05) is 12.1 Å². The van der Waals surface area contributed by atoms with Crippen molar-refractivity contribution >= 4 is 45.5 Å². The van der Waals surface area contributed by atoms with Gasteiger partial charge in [-0.15, -0.1) is 0 Å². The Morgan fingerprint density at radius 2 is 1.11 bits per heavy atom. The first-order valence-electron chi connectivity index (χ1n) is 18.9. The fourth-order valence-corrected chi connectivity index (χ4v) is 6.99. The second-order valence-electron chi connectivity index (χ2n) is 14.4. The molecular weight excluding hydrogens is 797 g/mol. The average Bonchev–Trinajstić information content (AvgIpc) is 4.00. The minimum Gasteiger partial charge on any atom is -0.497 e. The van der Waals surface area contributed by atoms with Crippen molar-refractivity contribution in [1.29, 1.82) is 0 Å². The van der Waals surface area contributed by atoms with Crippen LogP contribution in [0.5, 0.6) is 11.5 Å². The molecule has 0 spiro atoms. The van der Waals surface area contributed by atoms with Crippen LogP contribution >= 0.6 is 0 Å². The zero-order valence-corrected chi connectivity index (χ0v) is 34.6. The number of nitrogens with two attached hydrogens (primary N) is 1. The van der Waals surface area contributed by atoms with Crippen LogP contribution < -0.4 is 21.4 Å². The number of likely N-dealkylation sites (tertiary alicyclic amines) is 2. The van der Waals surface area contributed by atoms with E-state index >= 15 is 0 Å². The Morgan fingerprint density at radius 3 is 1.50 bits per heavy atom. The summed E-state index contributed by atoms with van der Waals surface area (Å²) < 4.78 is 18.7. The molecule has 0 unspecified atom stereocenters. The van der Waals surface area contributed by atoms with Gasteiger partial charge in [0.2, 0.25) is 11.2 Å². The van der Waals surface area contributed by atoms with Crippen molar-refractivity contribution in [2.45, 2.75) is 24.0 Å². The number of ether oxygens (including phenoxy) is 3. The molecule has 0 bridgehead atoms. The lowest BCUT2D eigenvalue weighted by molar-refractivity contribution is -0.138. The molecule has 2 aliphatic heterocycles. The summed E-state index contributed by atoms with van der Waals surface area (Å²) in [4.78, 5) is 51.2. The van der Waals surface area contributed by atoms with Gasteiger partial charge in [0, 0.05) is 74.1 Å². The first-order chi connectivity index (χ1) is 29.2. The maximum absolute atomic E-state index is 12.2. The van der Waals surface area contributed by atoms with Crippen LogP contribution in [0.2, 0.25) is 0 Å². The fourth-order valence-electron chi connectivity index (χ4n) is 6.99. The van der Waals surface area contributed by atoms with E-state index in [1.54, 1.807) is 110 Å². The van der Waals surface area contributed by atoms with Crippen molar-refractivity contribution in [2.24, 2.45) is 5.73 Å². The summed E-state index contributed by atoms with van der Waals surface area (Å²) in [5.41, 5.74) is 6.30. The van der Waals surface area contributed by atoms with Crippen LogP contribution in [0.3, 0.4) is 0 Å². The van der Waals surface area contributed by atoms with Crippen LogP contribution in [0.15, 0.2) is 84.9 Å². The molecule has 0 saturated carbocycles. The van der Waals surface area contributed by atoms with Gasteiger partial charge in [-0.25, -0.2) is 14.2 Å². The van der Waals surface area contributed by atoms with Crippen LogP contribution in [0.4, 0.5) is 0 Å². The zero-order chi connectivity index (χ0) is 43.6. The van der Waals surface area contributed by atoms with Gasteiger partial charge < -0.3 is 46.1 Å². The third-order valence-electron chi connectivity index (χ3n) is 10.4. The number of rotatable bonds is 6. The summed E-state index contributed by atoms with van der Waals surface area (Å²) in [6, 6.07) is 24.8. The number of benzene rings is 4. The van der Waals surface area contributed by atoms with Crippen LogP contribution in [0.1, 0.15) is 44.9 Å². The molecule has 2 aromatic heterocycles. The van der Waals surface area contributed by atoms with Crippen LogP contribution in [-0.4, -0.2) is 123 Å². The first-order valence-corrected chi connectivity index (χ1v) is 18.9. The highest BCUT2D eigenvalue weighted by Crippen LogP contribution is 2.29. The molecule has 0 aliphatic carbocycles. The molecule has 3 amide bonds. The number of esters is 1. The van der Waals surface area contributed by atoms with Gasteiger partial charge in [-0.2, -0.15) is 10.2 Å². The minimum absolute atomic E-state index is 0. The third kappa shape index (κ3) is 8.36. The first kappa shape index (κ1) is 43.9. The van der Waals surface area contributed by atoms with Gasteiger partial charge in [-0.3, -0.25) is 14.4 Å². The number of methoxy groups -OCH3 is 3. The number of primary amides is 1. The maximum Gasteiger partial charge on any atom is 0.359 e. The second kappa shape index (κ2) is 17.5. The second-order valence-corrected chi connectivity index (χ2v) is 14.4. The number of aliphatic hydroxyl groups is 2. The molecule has 62 heavy (non-hydrogen) atoms. The van der Waals surface area contributed by atoms with Gasteiger partial charge in [-0.1, -0.05) is 35.8 Å². The highest BCUT2D eigenvalue weighted by atomic mass is 16.5.